The predicted molar refractivity (Wildman–Crippen MR) is 111 cm³/mol. The largest absolute Gasteiger partial charge is 0.272 e. The van der Waals surface area contributed by atoms with Crippen LogP contribution in [0.15, 0.2) is 55.6 Å². The molecule has 0 spiro atoms. The summed E-state index contributed by atoms with van der Waals surface area (Å²) in [6.45, 7) is 7.61. The van der Waals surface area contributed by atoms with Crippen molar-refractivity contribution in [3.63, 3.8) is 0 Å². The first-order chi connectivity index (χ1) is 13.2. The molecule has 0 bridgehead atoms. The van der Waals surface area contributed by atoms with Crippen LogP contribution in [0, 0.1) is 0 Å². The monoisotopic (exact) mass is 376 g/mol. The molecule has 0 N–H and O–H groups in total. The van der Waals surface area contributed by atoms with Gasteiger partial charge in [-0.2, -0.15) is 0 Å². The molecule has 6 nitrogen and oxygen atoms in total. The molecule has 0 aliphatic heterocycles. The van der Waals surface area contributed by atoms with Crippen LogP contribution in [0.5, 0.6) is 0 Å². The molecule has 0 aliphatic carbocycles. The van der Waals surface area contributed by atoms with Gasteiger partial charge in [0.2, 0.25) is 0 Å². The zero-order chi connectivity index (χ0) is 20.3. The molecule has 0 fully saturated rings. The van der Waals surface area contributed by atoms with E-state index in [0.717, 1.165) is 14.7 Å². The van der Waals surface area contributed by atoms with Crippen molar-refractivity contribution in [3.8, 4) is 5.69 Å². The summed E-state index contributed by atoms with van der Waals surface area (Å²) in [5.41, 5.74) is -0.260. The van der Waals surface area contributed by atoms with Crippen molar-refractivity contribution in [3.05, 3.63) is 83.4 Å². The van der Waals surface area contributed by atoms with Crippen molar-refractivity contribution in [1.82, 2.24) is 9.13 Å². The van der Waals surface area contributed by atoms with Gasteiger partial charge in [0, 0.05) is 6.04 Å². The van der Waals surface area contributed by atoms with Crippen LogP contribution in [0.3, 0.4) is 0 Å². The molecule has 0 unspecified atom stereocenters. The van der Waals surface area contributed by atoms with E-state index in [4.69, 9.17) is 0 Å². The fourth-order valence-electron chi connectivity index (χ4n) is 3.70. The third-order valence-corrected chi connectivity index (χ3v) is 5.26. The van der Waals surface area contributed by atoms with Crippen molar-refractivity contribution < 1.29 is 0 Å². The van der Waals surface area contributed by atoms with E-state index in [0.29, 0.717) is 11.6 Å². The number of rotatable bonds is 3. The maximum Gasteiger partial charge on any atom is 0.266 e. The van der Waals surface area contributed by atoms with E-state index in [-0.39, 0.29) is 27.6 Å². The van der Waals surface area contributed by atoms with Crippen LogP contribution in [0.25, 0.3) is 27.2 Å². The molecule has 0 saturated heterocycles. The highest BCUT2D eigenvalue weighted by atomic mass is 16.2. The van der Waals surface area contributed by atoms with Gasteiger partial charge in [0.05, 0.1) is 27.2 Å². The summed E-state index contributed by atoms with van der Waals surface area (Å²) in [5.74, 6) is 0.333. The summed E-state index contributed by atoms with van der Waals surface area (Å²) in [6, 6.07) is 9.72. The van der Waals surface area contributed by atoms with Crippen molar-refractivity contribution in [2.75, 3.05) is 0 Å². The summed E-state index contributed by atoms with van der Waals surface area (Å²) in [6.07, 6.45) is 0. The fourth-order valence-corrected chi connectivity index (χ4v) is 3.70. The second-order valence-corrected chi connectivity index (χ2v) is 7.71. The summed E-state index contributed by atoms with van der Waals surface area (Å²) in [5, 5.41) is 0.665. The number of hydrogen-bond donors (Lipinski definition) is 0. The normalized spacial score (nSPS) is 12.1. The lowest BCUT2D eigenvalue weighted by Crippen LogP contribution is -2.27. The molecule has 4 rings (SSSR count). The Hall–Kier alpha value is -3.28. The van der Waals surface area contributed by atoms with Crippen LogP contribution in [-0.2, 0) is 0 Å². The minimum atomic E-state index is -0.483. The lowest BCUT2D eigenvalue weighted by Gasteiger charge is -2.06. The number of aromatic nitrogens is 2. The minimum Gasteiger partial charge on any atom is -0.272 e. The average molecular weight is 376 g/mol. The van der Waals surface area contributed by atoms with Gasteiger partial charge in [-0.3, -0.25) is 23.7 Å². The first kappa shape index (κ1) is 18.1. The Bertz CT molecular complexity index is 1350. The number of nitrogens with zero attached hydrogens (tertiary/aromatic N) is 2. The summed E-state index contributed by atoms with van der Waals surface area (Å²) >= 11 is 0. The Morgan fingerprint density at radius 2 is 1.07 bits per heavy atom. The van der Waals surface area contributed by atoms with Crippen LogP contribution >= 0.6 is 0 Å². The van der Waals surface area contributed by atoms with Gasteiger partial charge in [0.25, 0.3) is 22.2 Å². The molecule has 0 aliphatic rings. The van der Waals surface area contributed by atoms with Gasteiger partial charge in [-0.15, -0.1) is 0 Å². The molecule has 2 aromatic heterocycles. The van der Waals surface area contributed by atoms with Crippen LogP contribution in [0.1, 0.15) is 45.2 Å². The lowest BCUT2D eigenvalue weighted by atomic mass is 10.0. The maximum atomic E-state index is 12.9. The van der Waals surface area contributed by atoms with Crippen molar-refractivity contribution in [2.45, 2.75) is 39.7 Å². The van der Waals surface area contributed by atoms with E-state index in [1.54, 1.807) is 26.0 Å². The zero-order valence-corrected chi connectivity index (χ0v) is 16.1. The number of benzene rings is 2. The SMILES string of the molecule is CC(C)c1ccc(-n2c(=O)c3cc4c(=O)n(C(C)C)c(=O)c4cc3c2=O)cc1. The van der Waals surface area contributed by atoms with Crippen LogP contribution in [0.4, 0.5) is 0 Å². The number of fused-ring (bicyclic) bond motifs is 2. The third kappa shape index (κ3) is 2.41. The Labute approximate surface area is 160 Å². The van der Waals surface area contributed by atoms with E-state index < -0.39 is 22.2 Å². The highest BCUT2D eigenvalue weighted by Gasteiger charge is 2.21. The van der Waals surface area contributed by atoms with Gasteiger partial charge in [-0.1, -0.05) is 26.0 Å². The first-order valence-corrected chi connectivity index (χ1v) is 9.27. The van der Waals surface area contributed by atoms with Gasteiger partial charge in [-0.05, 0) is 49.6 Å². The highest BCUT2D eigenvalue weighted by Crippen LogP contribution is 2.19. The Kier molecular flexibility index (Phi) is 3.96. The highest BCUT2D eigenvalue weighted by molar-refractivity contribution is 5.98. The standard InChI is InChI=1S/C22H20N2O4/c1-11(2)13-5-7-14(8-6-13)24-21(27)17-9-15-16(10-18(17)22(24)28)20(26)23(12(3)4)19(15)25/h5-12H,1-4H3. The first-order valence-electron chi connectivity index (χ1n) is 9.27. The fraction of sp³-hybridized carbons (Fsp3) is 0.273. The van der Waals surface area contributed by atoms with E-state index >= 15 is 0 Å². The summed E-state index contributed by atoms with van der Waals surface area (Å²) in [7, 11) is 0. The molecule has 2 aromatic carbocycles. The second kappa shape index (κ2) is 6.12. The van der Waals surface area contributed by atoms with E-state index in [1.165, 1.54) is 12.1 Å². The molecule has 142 valence electrons. The molecule has 2 heterocycles. The Balaban J connectivity index is 2.04. The number of hydrogen-bond acceptors (Lipinski definition) is 4. The van der Waals surface area contributed by atoms with Crippen LogP contribution < -0.4 is 22.2 Å². The van der Waals surface area contributed by atoms with Crippen molar-refractivity contribution in [1.29, 1.82) is 0 Å². The predicted octanol–water partition coefficient (Wildman–Crippen LogP) is 2.61. The molecular formula is C22H20N2O4. The molecule has 28 heavy (non-hydrogen) atoms. The van der Waals surface area contributed by atoms with Gasteiger partial charge in [0.1, 0.15) is 0 Å². The second-order valence-electron chi connectivity index (χ2n) is 7.71. The van der Waals surface area contributed by atoms with Crippen molar-refractivity contribution >= 4 is 21.5 Å². The molecule has 0 amide bonds. The van der Waals surface area contributed by atoms with E-state index in [9.17, 15) is 19.2 Å². The average Bonchev–Trinajstić information content (AvgIpc) is 3.05. The van der Waals surface area contributed by atoms with E-state index in [1.807, 2.05) is 12.1 Å². The van der Waals surface area contributed by atoms with Gasteiger partial charge in [-0.25, -0.2) is 4.57 Å². The van der Waals surface area contributed by atoms with Gasteiger partial charge in [0.15, 0.2) is 0 Å². The third-order valence-electron chi connectivity index (χ3n) is 5.26. The molecule has 0 saturated carbocycles. The smallest absolute Gasteiger partial charge is 0.266 e. The molecule has 0 atom stereocenters. The summed E-state index contributed by atoms with van der Waals surface area (Å²) < 4.78 is 2.25. The maximum absolute atomic E-state index is 12.9. The van der Waals surface area contributed by atoms with Gasteiger partial charge >= 0.3 is 0 Å². The Morgan fingerprint density at radius 1 is 0.643 bits per heavy atom. The van der Waals surface area contributed by atoms with Crippen LogP contribution in [0.2, 0.25) is 0 Å². The topological polar surface area (TPSA) is 78.1 Å². The van der Waals surface area contributed by atoms with Crippen molar-refractivity contribution in [2.24, 2.45) is 0 Å². The zero-order valence-electron chi connectivity index (χ0n) is 16.1. The molecular weight excluding hydrogens is 356 g/mol. The van der Waals surface area contributed by atoms with Crippen LogP contribution in [-0.4, -0.2) is 9.13 Å². The van der Waals surface area contributed by atoms with E-state index in [2.05, 4.69) is 13.8 Å². The molecule has 4 aromatic rings. The molecule has 0 radical (unpaired) electrons. The minimum absolute atomic E-state index is 0.156. The Morgan fingerprint density at radius 3 is 1.46 bits per heavy atom. The van der Waals surface area contributed by atoms with Gasteiger partial charge < -0.3 is 0 Å². The summed E-state index contributed by atoms with van der Waals surface area (Å²) in [4.78, 5) is 51.0. The molecule has 6 heteroatoms. The quantitative estimate of drug-likeness (QED) is 0.551. The lowest BCUT2D eigenvalue weighted by molar-refractivity contribution is 0.574.